The molecule has 1 fully saturated rings. The van der Waals surface area contributed by atoms with Crippen LogP contribution >= 0.6 is 0 Å². The molecule has 1 aliphatic heterocycles. The summed E-state index contributed by atoms with van der Waals surface area (Å²) in [5, 5.41) is 7.06. The number of para-hydroxylation sites is 1. The van der Waals surface area contributed by atoms with E-state index in [9.17, 15) is 4.79 Å². The Balaban J connectivity index is 1.43. The molecule has 35 heavy (non-hydrogen) atoms. The number of nitrogens with one attached hydrogen (secondary N) is 1. The molecule has 0 unspecified atom stereocenters. The molecule has 182 valence electrons. The van der Waals surface area contributed by atoms with Gasteiger partial charge in [0, 0.05) is 24.8 Å². The van der Waals surface area contributed by atoms with Gasteiger partial charge in [0.05, 0.1) is 32.1 Å². The maximum atomic E-state index is 12.2. The highest BCUT2D eigenvalue weighted by molar-refractivity contribution is 5.92. The number of carbonyl (C=O) groups is 1. The van der Waals surface area contributed by atoms with Crippen molar-refractivity contribution in [2.45, 2.75) is 0 Å². The van der Waals surface area contributed by atoms with Crippen LogP contribution in [0.1, 0.15) is 5.56 Å². The smallest absolute Gasteiger partial charge is 0.263 e. The Labute approximate surface area is 202 Å². The highest BCUT2D eigenvalue weighted by Crippen LogP contribution is 2.34. The Bertz CT molecular complexity index is 1170. The molecule has 2 aromatic carbocycles. The molecule has 3 N–H and O–H groups in total. The number of benzene rings is 2. The van der Waals surface area contributed by atoms with Crippen molar-refractivity contribution in [1.29, 1.82) is 0 Å². The lowest BCUT2D eigenvalue weighted by atomic mass is 10.2. The Hall–Kier alpha value is -4.38. The molecule has 4 rings (SSSR count). The zero-order chi connectivity index (χ0) is 24.5. The van der Waals surface area contributed by atoms with Crippen LogP contribution < -0.4 is 20.5 Å². The predicted octanol–water partition coefficient (Wildman–Crippen LogP) is 2.81. The first-order chi connectivity index (χ1) is 17.1. The number of ether oxygens (including phenoxy) is 3. The topological polar surface area (TPSA) is 133 Å². The van der Waals surface area contributed by atoms with Gasteiger partial charge in [-0.3, -0.25) is 4.79 Å². The molecule has 0 radical (unpaired) electrons. The van der Waals surface area contributed by atoms with E-state index < -0.39 is 0 Å². The summed E-state index contributed by atoms with van der Waals surface area (Å²) in [7, 11) is 1.56. The third-order valence-electron chi connectivity index (χ3n) is 5.12. The maximum absolute atomic E-state index is 12.2. The van der Waals surface area contributed by atoms with Crippen LogP contribution in [0.15, 0.2) is 60.0 Å². The van der Waals surface area contributed by atoms with Crippen molar-refractivity contribution in [3.05, 3.63) is 60.4 Å². The summed E-state index contributed by atoms with van der Waals surface area (Å²) in [5.74, 6) is 2.23. The van der Waals surface area contributed by atoms with Gasteiger partial charge >= 0.3 is 0 Å². The number of hydrogen-bond acceptors (Lipinski definition) is 10. The van der Waals surface area contributed by atoms with Gasteiger partial charge in [-0.15, -0.1) is 0 Å². The van der Waals surface area contributed by atoms with E-state index in [1.165, 1.54) is 12.5 Å². The standard InChI is InChI=1S/C24H26N6O5/c1-32-21-13-17(7-8-20(21)35-18-5-3-2-4-6-18)29-24-19(23(25)26-16-27-24)14-28-34-15-22(31)30-9-11-33-12-10-30/h2-8,13-14,16H,9-12,15H2,1H3,(H3,25,26,27,29)/b28-14+. The van der Waals surface area contributed by atoms with Gasteiger partial charge in [0.1, 0.15) is 23.7 Å². The van der Waals surface area contributed by atoms with E-state index in [1.807, 2.05) is 36.4 Å². The van der Waals surface area contributed by atoms with Crippen LogP contribution in [-0.2, 0) is 14.4 Å². The van der Waals surface area contributed by atoms with Crippen molar-refractivity contribution in [1.82, 2.24) is 14.9 Å². The van der Waals surface area contributed by atoms with E-state index in [2.05, 4.69) is 20.4 Å². The van der Waals surface area contributed by atoms with Gasteiger partial charge in [-0.2, -0.15) is 0 Å². The molecular formula is C24H26N6O5. The number of morpholine rings is 1. The number of nitrogens with two attached hydrogens (primary N) is 1. The number of rotatable bonds is 9. The molecule has 1 saturated heterocycles. The number of oxime groups is 1. The lowest BCUT2D eigenvalue weighted by molar-refractivity contribution is -0.140. The van der Waals surface area contributed by atoms with Gasteiger partial charge in [-0.25, -0.2) is 9.97 Å². The SMILES string of the molecule is COc1cc(Nc2ncnc(N)c2/C=N/OCC(=O)N2CCOCC2)ccc1Oc1ccccc1. The third kappa shape index (κ3) is 6.36. The van der Waals surface area contributed by atoms with Crippen LogP contribution in [0.3, 0.4) is 0 Å². The van der Waals surface area contributed by atoms with Crippen molar-refractivity contribution in [2.24, 2.45) is 5.16 Å². The van der Waals surface area contributed by atoms with Gasteiger partial charge in [0.15, 0.2) is 18.1 Å². The monoisotopic (exact) mass is 478 g/mol. The largest absolute Gasteiger partial charge is 0.493 e. The predicted molar refractivity (Wildman–Crippen MR) is 130 cm³/mol. The highest BCUT2D eigenvalue weighted by Gasteiger charge is 2.17. The average molecular weight is 479 g/mol. The molecule has 0 atom stereocenters. The number of aromatic nitrogens is 2. The zero-order valence-electron chi connectivity index (χ0n) is 19.2. The van der Waals surface area contributed by atoms with Crippen LogP contribution in [0.4, 0.5) is 17.3 Å². The summed E-state index contributed by atoms with van der Waals surface area (Å²) in [4.78, 5) is 27.3. The lowest BCUT2D eigenvalue weighted by Crippen LogP contribution is -2.42. The number of nitrogens with zero attached hydrogens (tertiary/aromatic N) is 4. The molecule has 0 aliphatic carbocycles. The molecule has 0 bridgehead atoms. The first-order valence-corrected chi connectivity index (χ1v) is 10.9. The Morgan fingerprint density at radius 2 is 1.97 bits per heavy atom. The van der Waals surface area contributed by atoms with Crippen molar-refractivity contribution in [3.63, 3.8) is 0 Å². The molecule has 1 aromatic heterocycles. The molecule has 0 spiro atoms. The molecule has 1 amide bonds. The number of hydrogen-bond donors (Lipinski definition) is 2. The van der Waals surface area contributed by atoms with E-state index in [4.69, 9.17) is 24.8 Å². The van der Waals surface area contributed by atoms with Crippen molar-refractivity contribution in [2.75, 3.05) is 51.1 Å². The van der Waals surface area contributed by atoms with Crippen LogP contribution in [0.25, 0.3) is 0 Å². The van der Waals surface area contributed by atoms with E-state index in [0.29, 0.717) is 60.6 Å². The minimum Gasteiger partial charge on any atom is -0.493 e. The average Bonchev–Trinajstić information content (AvgIpc) is 2.89. The molecule has 1 aliphatic rings. The summed E-state index contributed by atoms with van der Waals surface area (Å²) >= 11 is 0. The zero-order valence-corrected chi connectivity index (χ0v) is 19.2. The highest BCUT2D eigenvalue weighted by atomic mass is 16.6. The second-order valence-corrected chi connectivity index (χ2v) is 7.43. The maximum Gasteiger partial charge on any atom is 0.263 e. The molecule has 11 nitrogen and oxygen atoms in total. The van der Waals surface area contributed by atoms with Crippen LogP contribution in [-0.4, -0.2) is 67.0 Å². The van der Waals surface area contributed by atoms with Gasteiger partial charge in [-0.1, -0.05) is 23.4 Å². The van der Waals surface area contributed by atoms with E-state index in [-0.39, 0.29) is 18.3 Å². The van der Waals surface area contributed by atoms with Gasteiger partial charge in [0.2, 0.25) is 0 Å². The minimum atomic E-state index is -0.188. The van der Waals surface area contributed by atoms with Crippen LogP contribution in [0, 0.1) is 0 Å². The summed E-state index contributed by atoms with van der Waals surface area (Å²) < 4.78 is 16.6. The van der Waals surface area contributed by atoms with E-state index in [0.717, 1.165) is 0 Å². The quantitative estimate of drug-likeness (QED) is 0.352. The second-order valence-electron chi connectivity index (χ2n) is 7.43. The van der Waals surface area contributed by atoms with Crippen molar-refractivity contribution < 1.29 is 23.8 Å². The second kappa shape index (κ2) is 11.7. The number of anilines is 3. The van der Waals surface area contributed by atoms with E-state index >= 15 is 0 Å². The fraction of sp³-hybridized carbons (Fsp3) is 0.250. The van der Waals surface area contributed by atoms with E-state index in [1.54, 1.807) is 24.1 Å². The summed E-state index contributed by atoms with van der Waals surface area (Å²) in [5.41, 5.74) is 7.12. The van der Waals surface area contributed by atoms with Gasteiger partial charge in [-0.05, 0) is 24.3 Å². The summed E-state index contributed by atoms with van der Waals surface area (Å²) in [6, 6.07) is 14.8. The molecule has 0 saturated carbocycles. The number of nitrogen functional groups attached to an aromatic ring is 1. The molecule has 11 heteroatoms. The minimum absolute atomic E-state index is 0.161. The first-order valence-electron chi connectivity index (χ1n) is 10.9. The van der Waals surface area contributed by atoms with Gasteiger partial charge < -0.3 is 35.0 Å². The van der Waals surface area contributed by atoms with Gasteiger partial charge in [0.25, 0.3) is 5.91 Å². The first kappa shape index (κ1) is 23.8. The molecular weight excluding hydrogens is 452 g/mol. The molecule has 3 aromatic rings. The Morgan fingerprint density at radius 1 is 1.17 bits per heavy atom. The Morgan fingerprint density at radius 3 is 2.74 bits per heavy atom. The van der Waals surface area contributed by atoms with Crippen molar-refractivity contribution >= 4 is 29.4 Å². The lowest BCUT2D eigenvalue weighted by Gasteiger charge is -2.26. The third-order valence-corrected chi connectivity index (χ3v) is 5.12. The summed E-state index contributed by atoms with van der Waals surface area (Å²) in [6.45, 7) is 1.93. The summed E-state index contributed by atoms with van der Waals surface area (Å²) in [6.07, 6.45) is 2.70. The van der Waals surface area contributed by atoms with Crippen molar-refractivity contribution in [3.8, 4) is 17.2 Å². The number of amides is 1. The Kier molecular flexibility index (Phi) is 7.92. The van der Waals surface area contributed by atoms with Crippen LogP contribution in [0.2, 0.25) is 0 Å². The number of carbonyl (C=O) groups excluding carboxylic acids is 1. The fourth-order valence-electron chi connectivity index (χ4n) is 3.30. The molecule has 2 heterocycles. The fourth-order valence-corrected chi connectivity index (χ4v) is 3.30. The number of methoxy groups -OCH3 is 1. The normalized spacial score (nSPS) is 13.5. The van der Waals surface area contributed by atoms with Crippen LogP contribution in [0.5, 0.6) is 17.2 Å².